The van der Waals surface area contributed by atoms with Crippen molar-refractivity contribution in [2.24, 2.45) is 0 Å². The molecule has 10 heavy (non-hydrogen) atoms. The molecule has 0 radical (unpaired) electrons. The number of fused-ring (bicyclic) bond motifs is 1. The minimum atomic E-state index is 1.23. The normalized spacial score (nSPS) is 26.6. The number of hydrogen-bond donors (Lipinski definition) is 0. The number of allylic oxidation sites excluding steroid dienone is 1. The van der Waals surface area contributed by atoms with Crippen molar-refractivity contribution in [1.29, 1.82) is 0 Å². The lowest BCUT2D eigenvalue weighted by molar-refractivity contribution is 0.0839. The van der Waals surface area contributed by atoms with Crippen LogP contribution < -0.4 is 0 Å². The van der Waals surface area contributed by atoms with Crippen LogP contribution in [-0.2, 0) is 0 Å². The van der Waals surface area contributed by atoms with E-state index < -0.39 is 0 Å². The van der Waals surface area contributed by atoms with Crippen LogP contribution in [-0.4, -0.2) is 29.7 Å². The van der Waals surface area contributed by atoms with Crippen molar-refractivity contribution in [3.8, 4) is 0 Å². The van der Waals surface area contributed by atoms with Gasteiger partial charge in [-0.3, -0.25) is 0 Å². The highest BCUT2D eigenvalue weighted by molar-refractivity contribution is 4.87. The van der Waals surface area contributed by atoms with Crippen LogP contribution in [0.15, 0.2) is 12.3 Å². The van der Waals surface area contributed by atoms with Gasteiger partial charge in [-0.2, -0.15) is 0 Å². The molecular weight excluding hydrogens is 124 g/mol. The summed E-state index contributed by atoms with van der Waals surface area (Å²) in [6.45, 7) is 3.76. The molecule has 2 aliphatic rings. The summed E-state index contributed by atoms with van der Waals surface area (Å²) in [6, 6.07) is 0. The fourth-order valence-electron chi connectivity index (χ4n) is 1.68. The molecule has 0 bridgehead atoms. The maximum absolute atomic E-state index is 2.45. The van der Waals surface area contributed by atoms with E-state index >= 15 is 0 Å². The number of hydrogen-bond acceptors (Lipinski definition) is 2. The Bertz CT molecular complexity index is 142. The Morgan fingerprint density at radius 3 is 2.90 bits per heavy atom. The topological polar surface area (TPSA) is 6.48 Å². The summed E-state index contributed by atoms with van der Waals surface area (Å²) < 4.78 is 0. The molecule has 0 spiro atoms. The van der Waals surface area contributed by atoms with Crippen molar-refractivity contribution in [2.45, 2.75) is 19.3 Å². The molecule has 0 aromatic heterocycles. The average Bonchev–Trinajstić information content (AvgIpc) is 2.28. The largest absolute Gasteiger partial charge is 0.313 e. The zero-order chi connectivity index (χ0) is 6.81. The van der Waals surface area contributed by atoms with Crippen LogP contribution in [0.5, 0.6) is 0 Å². The zero-order valence-corrected chi connectivity index (χ0v) is 6.29. The van der Waals surface area contributed by atoms with Gasteiger partial charge in [-0.25, -0.2) is 5.01 Å². The van der Waals surface area contributed by atoms with E-state index in [4.69, 9.17) is 0 Å². The lowest BCUT2D eigenvalue weighted by Gasteiger charge is -2.24. The molecule has 2 heterocycles. The highest BCUT2D eigenvalue weighted by Gasteiger charge is 2.18. The Balaban J connectivity index is 2.06. The molecule has 2 rings (SSSR count). The molecule has 0 atom stereocenters. The standard InChI is InChI=1S/C8H14N2/c1-2-5-9-7-4-8-10(9)6-3-1/h2,5H,1,3-4,6-8H2. The molecule has 0 saturated carbocycles. The average molecular weight is 138 g/mol. The highest BCUT2D eigenvalue weighted by Crippen LogP contribution is 2.14. The summed E-state index contributed by atoms with van der Waals surface area (Å²) in [5.41, 5.74) is 0. The summed E-state index contributed by atoms with van der Waals surface area (Å²) in [6.07, 6.45) is 8.44. The van der Waals surface area contributed by atoms with E-state index in [1.54, 1.807) is 0 Å². The number of hydrazine groups is 1. The van der Waals surface area contributed by atoms with Crippen molar-refractivity contribution in [3.63, 3.8) is 0 Å². The first-order valence-corrected chi connectivity index (χ1v) is 4.15. The molecule has 0 aromatic carbocycles. The molecule has 1 saturated heterocycles. The lowest BCUT2D eigenvalue weighted by atomic mass is 10.3. The van der Waals surface area contributed by atoms with E-state index in [1.165, 1.54) is 38.9 Å². The smallest absolute Gasteiger partial charge is 0.0353 e. The van der Waals surface area contributed by atoms with E-state index in [0.717, 1.165) is 0 Å². The van der Waals surface area contributed by atoms with E-state index in [9.17, 15) is 0 Å². The van der Waals surface area contributed by atoms with Crippen LogP contribution in [0.25, 0.3) is 0 Å². The first kappa shape index (κ1) is 6.23. The quantitative estimate of drug-likeness (QED) is 0.496. The number of rotatable bonds is 0. The monoisotopic (exact) mass is 138 g/mol. The Morgan fingerprint density at radius 2 is 1.90 bits per heavy atom. The third-order valence-corrected chi connectivity index (χ3v) is 2.23. The number of nitrogens with zero attached hydrogens (tertiary/aromatic N) is 2. The Kier molecular flexibility index (Phi) is 1.63. The predicted molar refractivity (Wildman–Crippen MR) is 41.3 cm³/mol. The van der Waals surface area contributed by atoms with Gasteiger partial charge in [0.25, 0.3) is 0 Å². The maximum Gasteiger partial charge on any atom is 0.0353 e. The molecule has 2 nitrogen and oxygen atoms in total. The maximum atomic E-state index is 2.45. The van der Waals surface area contributed by atoms with Gasteiger partial charge < -0.3 is 5.01 Å². The summed E-state index contributed by atoms with van der Waals surface area (Å²) in [5.74, 6) is 0. The highest BCUT2D eigenvalue weighted by atomic mass is 15.6. The van der Waals surface area contributed by atoms with Gasteiger partial charge in [0.05, 0.1) is 0 Å². The van der Waals surface area contributed by atoms with Crippen molar-refractivity contribution >= 4 is 0 Å². The van der Waals surface area contributed by atoms with Gasteiger partial charge in [-0.1, -0.05) is 6.08 Å². The van der Waals surface area contributed by atoms with Crippen LogP contribution in [0.1, 0.15) is 19.3 Å². The van der Waals surface area contributed by atoms with Crippen LogP contribution >= 0.6 is 0 Å². The second kappa shape index (κ2) is 2.62. The molecule has 0 amide bonds. The van der Waals surface area contributed by atoms with Crippen molar-refractivity contribution in [2.75, 3.05) is 19.6 Å². The van der Waals surface area contributed by atoms with Gasteiger partial charge >= 0.3 is 0 Å². The van der Waals surface area contributed by atoms with E-state index in [0.29, 0.717) is 0 Å². The second-order valence-electron chi connectivity index (χ2n) is 3.00. The molecule has 0 N–H and O–H groups in total. The Morgan fingerprint density at radius 1 is 1.00 bits per heavy atom. The van der Waals surface area contributed by atoms with Gasteiger partial charge in [0.1, 0.15) is 0 Å². The lowest BCUT2D eigenvalue weighted by Crippen LogP contribution is -2.31. The van der Waals surface area contributed by atoms with Crippen molar-refractivity contribution in [3.05, 3.63) is 12.3 Å². The van der Waals surface area contributed by atoms with Crippen LogP contribution in [0, 0.1) is 0 Å². The van der Waals surface area contributed by atoms with Gasteiger partial charge in [-0.15, -0.1) is 0 Å². The Hall–Kier alpha value is -0.500. The Labute approximate surface area is 62.1 Å². The minimum Gasteiger partial charge on any atom is -0.313 e. The van der Waals surface area contributed by atoms with Crippen LogP contribution in [0.2, 0.25) is 0 Å². The summed E-state index contributed by atoms with van der Waals surface area (Å²) in [4.78, 5) is 0. The molecule has 1 fully saturated rings. The molecular formula is C8H14N2. The summed E-state index contributed by atoms with van der Waals surface area (Å²) >= 11 is 0. The SMILES string of the molecule is C1=CN2CCCN2CCC1. The first-order valence-electron chi connectivity index (χ1n) is 4.15. The molecule has 56 valence electrons. The fourth-order valence-corrected chi connectivity index (χ4v) is 1.68. The molecule has 0 aliphatic carbocycles. The summed E-state index contributed by atoms with van der Waals surface area (Å²) in [5, 5.41) is 4.80. The van der Waals surface area contributed by atoms with Crippen LogP contribution in [0.4, 0.5) is 0 Å². The van der Waals surface area contributed by atoms with E-state index in [1.807, 2.05) is 0 Å². The second-order valence-corrected chi connectivity index (χ2v) is 3.00. The van der Waals surface area contributed by atoms with Gasteiger partial charge in [0, 0.05) is 25.8 Å². The van der Waals surface area contributed by atoms with Gasteiger partial charge in [0.2, 0.25) is 0 Å². The van der Waals surface area contributed by atoms with Gasteiger partial charge in [-0.05, 0) is 19.3 Å². The zero-order valence-electron chi connectivity index (χ0n) is 6.29. The molecule has 0 unspecified atom stereocenters. The first-order chi connectivity index (χ1) is 4.97. The predicted octanol–water partition coefficient (Wildman–Crippen LogP) is 1.22. The molecule has 2 heteroatoms. The molecule has 2 aliphatic heterocycles. The third-order valence-electron chi connectivity index (χ3n) is 2.23. The van der Waals surface area contributed by atoms with E-state index in [-0.39, 0.29) is 0 Å². The minimum absolute atomic E-state index is 1.23. The molecule has 0 aromatic rings. The summed E-state index contributed by atoms with van der Waals surface area (Å²) in [7, 11) is 0. The third kappa shape index (κ3) is 1.03. The fraction of sp³-hybridized carbons (Fsp3) is 0.750. The van der Waals surface area contributed by atoms with Crippen LogP contribution in [0.3, 0.4) is 0 Å². The van der Waals surface area contributed by atoms with Crippen molar-refractivity contribution < 1.29 is 0 Å². The van der Waals surface area contributed by atoms with Gasteiger partial charge in [0.15, 0.2) is 0 Å². The van der Waals surface area contributed by atoms with Crippen molar-refractivity contribution in [1.82, 2.24) is 10.0 Å². The van der Waals surface area contributed by atoms with E-state index in [2.05, 4.69) is 22.3 Å².